The molecule has 0 saturated heterocycles. The lowest BCUT2D eigenvalue weighted by atomic mass is 10.1. The minimum absolute atomic E-state index is 0.0484. The largest absolute Gasteiger partial charge is 0.496 e. The number of rotatable bonds is 4. The summed E-state index contributed by atoms with van der Waals surface area (Å²) in [5.41, 5.74) is 1.71. The van der Waals surface area contributed by atoms with E-state index in [4.69, 9.17) is 22.1 Å². The van der Waals surface area contributed by atoms with Crippen molar-refractivity contribution in [2.24, 2.45) is 0 Å². The maximum Gasteiger partial charge on any atom is 0.335 e. The van der Waals surface area contributed by atoms with Gasteiger partial charge in [0.1, 0.15) is 5.75 Å². The summed E-state index contributed by atoms with van der Waals surface area (Å²) in [7, 11) is 1.49. The Bertz CT molecular complexity index is 855. The van der Waals surface area contributed by atoms with Crippen LogP contribution in [0, 0.1) is 6.92 Å². The molecule has 8 heteroatoms. The van der Waals surface area contributed by atoms with Crippen molar-refractivity contribution in [3.05, 3.63) is 57.6 Å². The number of ether oxygens (including phenoxy) is 1. The Labute approximate surface area is 158 Å². The number of thiocarbonyl (C=S) groups is 1. The first-order valence-corrected chi connectivity index (χ1v) is 8.31. The fourth-order valence-electron chi connectivity index (χ4n) is 2.23. The lowest BCUT2D eigenvalue weighted by Crippen LogP contribution is -2.34. The highest BCUT2D eigenvalue weighted by Gasteiger charge is 2.17. The number of amides is 1. The molecule has 0 fully saturated rings. The second kappa shape index (κ2) is 8.09. The van der Waals surface area contributed by atoms with Crippen LogP contribution in [-0.4, -0.2) is 29.2 Å². The molecule has 0 bridgehead atoms. The van der Waals surface area contributed by atoms with Gasteiger partial charge in [0, 0.05) is 10.2 Å². The van der Waals surface area contributed by atoms with Gasteiger partial charge in [-0.25, -0.2) is 4.79 Å². The molecule has 2 aromatic carbocycles. The number of aromatic carboxylic acids is 1. The van der Waals surface area contributed by atoms with E-state index >= 15 is 0 Å². The van der Waals surface area contributed by atoms with Crippen LogP contribution >= 0.6 is 28.1 Å². The summed E-state index contributed by atoms with van der Waals surface area (Å²) >= 11 is 8.47. The number of hydrogen-bond donors (Lipinski definition) is 3. The molecule has 0 saturated carbocycles. The van der Waals surface area contributed by atoms with Gasteiger partial charge in [-0.3, -0.25) is 10.1 Å². The van der Waals surface area contributed by atoms with Crippen LogP contribution in [0.3, 0.4) is 0 Å². The molecule has 0 unspecified atom stereocenters. The van der Waals surface area contributed by atoms with Crippen molar-refractivity contribution in [2.75, 3.05) is 12.4 Å². The predicted octanol–water partition coefficient (Wildman–Crippen LogP) is 3.59. The molecule has 0 spiro atoms. The first kappa shape index (κ1) is 18.9. The van der Waals surface area contributed by atoms with Crippen molar-refractivity contribution in [3.8, 4) is 5.75 Å². The normalized spacial score (nSPS) is 10.0. The number of anilines is 1. The first-order chi connectivity index (χ1) is 11.8. The Balaban J connectivity index is 2.15. The van der Waals surface area contributed by atoms with Gasteiger partial charge in [-0.2, -0.15) is 0 Å². The molecule has 1 amide bonds. The number of carboxylic acids is 1. The smallest absolute Gasteiger partial charge is 0.335 e. The van der Waals surface area contributed by atoms with E-state index < -0.39 is 11.9 Å². The highest BCUT2D eigenvalue weighted by atomic mass is 79.9. The fraction of sp³-hybridized carbons (Fsp3) is 0.118. The van der Waals surface area contributed by atoms with Crippen LogP contribution in [0.1, 0.15) is 26.3 Å². The number of aryl methyl sites for hydroxylation is 1. The van der Waals surface area contributed by atoms with Crippen LogP contribution in [-0.2, 0) is 0 Å². The minimum Gasteiger partial charge on any atom is -0.496 e. The number of halogens is 1. The summed E-state index contributed by atoms with van der Waals surface area (Å²) < 4.78 is 6.02. The van der Waals surface area contributed by atoms with E-state index in [1.807, 2.05) is 13.0 Å². The maximum absolute atomic E-state index is 12.5. The number of carbonyl (C=O) groups is 2. The molecule has 130 valence electrons. The summed E-state index contributed by atoms with van der Waals surface area (Å²) in [6.07, 6.45) is 0. The third-order valence-corrected chi connectivity index (χ3v) is 3.94. The van der Waals surface area contributed by atoms with Crippen molar-refractivity contribution in [3.63, 3.8) is 0 Å². The molecule has 0 atom stereocenters. The molecule has 3 N–H and O–H groups in total. The molecule has 0 aromatic heterocycles. The zero-order chi connectivity index (χ0) is 18.6. The van der Waals surface area contributed by atoms with Gasteiger partial charge in [0.05, 0.1) is 18.2 Å². The van der Waals surface area contributed by atoms with E-state index in [-0.39, 0.29) is 10.7 Å². The highest BCUT2D eigenvalue weighted by molar-refractivity contribution is 9.10. The monoisotopic (exact) mass is 422 g/mol. The van der Waals surface area contributed by atoms with E-state index in [2.05, 4.69) is 26.6 Å². The fourth-order valence-corrected chi connectivity index (χ4v) is 3.02. The van der Waals surface area contributed by atoms with E-state index in [0.29, 0.717) is 17.0 Å². The maximum atomic E-state index is 12.5. The van der Waals surface area contributed by atoms with Crippen molar-refractivity contribution < 1.29 is 19.4 Å². The van der Waals surface area contributed by atoms with Crippen LogP contribution < -0.4 is 15.4 Å². The molecule has 6 nitrogen and oxygen atoms in total. The summed E-state index contributed by atoms with van der Waals surface area (Å²) in [4.78, 5) is 23.5. The molecule has 0 heterocycles. The number of carboxylic acid groups (broad SMARTS) is 1. The molecule has 2 rings (SSSR count). The standard InChI is InChI=1S/C17H15BrN2O4S/c1-9-6-11(18)8-13(14(9)24-2)15(21)20-17(25)19-12-5-3-4-10(7-12)16(22)23/h3-8H,1-2H3,(H,22,23)(H2,19,20,21,25). The van der Waals surface area contributed by atoms with Gasteiger partial charge >= 0.3 is 5.97 Å². The average molecular weight is 423 g/mol. The van der Waals surface area contributed by atoms with Crippen molar-refractivity contribution in [2.45, 2.75) is 6.92 Å². The number of nitrogens with one attached hydrogen (secondary N) is 2. The van der Waals surface area contributed by atoms with E-state index in [1.54, 1.807) is 18.2 Å². The number of methoxy groups -OCH3 is 1. The van der Waals surface area contributed by atoms with Gasteiger partial charge in [0.25, 0.3) is 5.91 Å². The summed E-state index contributed by atoms with van der Waals surface area (Å²) in [6, 6.07) is 9.58. The van der Waals surface area contributed by atoms with Crippen molar-refractivity contribution in [1.82, 2.24) is 5.32 Å². The number of benzene rings is 2. The zero-order valence-corrected chi connectivity index (χ0v) is 15.8. The molecule has 25 heavy (non-hydrogen) atoms. The second-order valence-corrected chi connectivity index (χ2v) is 6.42. The van der Waals surface area contributed by atoms with E-state index in [1.165, 1.54) is 19.2 Å². The van der Waals surface area contributed by atoms with Crippen LogP contribution in [0.15, 0.2) is 40.9 Å². The SMILES string of the molecule is COc1c(C)cc(Br)cc1C(=O)NC(=S)Nc1cccc(C(=O)O)c1. The topological polar surface area (TPSA) is 87.7 Å². The third kappa shape index (κ3) is 4.77. The molecule has 0 aliphatic rings. The zero-order valence-electron chi connectivity index (χ0n) is 13.4. The Hall–Kier alpha value is -2.45. The molecule has 0 aliphatic heterocycles. The molecule has 2 aromatic rings. The highest BCUT2D eigenvalue weighted by Crippen LogP contribution is 2.27. The summed E-state index contributed by atoms with van der Waals surface area (Å²) in [5, 5.41) is 14.4. The lowest BCUT2D eigenvalue weighted by Gasteiger charge is -2.14. The van der Waals surface area contributed by atoms with E-state index in [0.717, 1.165) is 10.0 Å². The Morgan fingerprint density at radius 3 is 2.60 bits per heavy atom. The quantitative estimate of drug-likeness (QED) is 0.652. The minimum atomic E-state index is -1.05. The van der Waals surface area contributed by atoms with Crippen LogP contribution in [0.4, 0.5) is 5.69 Å². The Morgan fingerprint density at radius 1 is 1.24 bits per heavy atom. The lowest BCUT2D eigenvalue weighted by molar-refractivity contribution is 0.0696. The van der Waals surface area contributed by atoms with Gasteiger partial charge in [-0.05, 0) is 55.0 Å². The summed E-state index contributed by atoms with van der Waals surface area (Å²) in [5.74, 6) is -1.03. The Morgan fingerprint density at radius 2 is 1.96 bits per heavy atom. The number of hydrogen-bond acceptors (Lipinski definition) is 4. The Kier molecular flexibility index (Phi) is 6.11. The van der Waals surface area contributed by atoms with Gasteiger partial charge in [-0.15, -0.1) is 0 Å². The van der Waals surface area contributed by atoms with Gasteiger partial charge in [0.2, 0.25) is 0 Å². The van der Waals surface area contributed by atoms with E-state index in [9.17, 15) is 9.59 Å². The van der Waals surface area contributed by atoms with Crippen LogP contribution in [0.2, 0.25) is 0 Å². The first-order valence-electron chi connectivity index (χ1n) is 7.11. The number of carbonyl (C=O) groups excluding carboxylic acids is 1. The van der Waals surface area contributed by atoms with Crippen LogP contribution in [0.5, 0.6) is 5.75 Å². The third-order valence-electron chi connectivity index (χ3n) is 3.28. The van der Waals surface area contributed by atoms with Crippen molar-refractivity contribution >= 4 is 50.8 Å². The second-order valence-electron chi connectivity index (χ2n) is 5.10. The average Bonchev–Trinajstić information content (AvgIpc) is 2.54. The van der Waals surface area contributed by atoms with Crippen LogP contribution in [0.25, 0.3) is 0 Å². The predicted molar refractivity (Wildman–Crippen MR) is 103 cm³/mol. The van der Waals surface area contributed by atoms with Gasteiger partial charge in [0.15, 0.2) is 5.11 Å². The van der Waals surface area contributed by atoms with Gasteiger partial charge < -0.3 is 15.2 Å². The molecular weight excluding hydrogens is 408 g/mol. The molecular formula is C17H15BrN2O4S. The van der Waals surface area contributed by atoms with Crippen molar-refractivity contribution in [1.29, 1.82) is 0 Å². The summed E-state index contributed by atoms with van der Waals surface area (Å²) in [6.45, 7) is 1.83. The molecule has 0 aliphatic carbocycles. The molecule has 0 radical (unpaired) electrons. The van der Waals surface area contributed by atoms with Gasteiger partial charge in [-0.1, -0.05) is 22.0 Å².